The lowest BCUT2D eigenvalue weighted by atomic mass is 10.1. The number of nitrogens with two attached hydrogens (primary N) is 1. The molecule has 0 bridgehead atoms. The average Bonchev–Trinajstić information content (AvgIpc) is 2.75. The zero-order chi connectivity index (χ0) is 11.7. The number of fused-ring (bicyclic) bond motifs is 1. The van der Waals surface area contributed by atoms with Crippen molar-refractivity contribution < 1.29 is 9.47 Å². The Morgan fingerprint density at radius 2 is 2.06 bits per heavy atom. The second-order valence-corrected chi connectivity index (χ2v) is 4.72. The molecule has 0 fully saturated rings. The lowest BCUT2D eigenvalue weighted by Crippen LogP contribution is -2.15. The van der Waals surface area contributed by atoms with Crippen molar-refractivity contribution >= 4 is 16.5 Å². The monoisotopic (exact) mass is 248 g/mol. The molecule has 0 saturated heterocycles. The highest BCUT2D eigenvalue weighted by Gasteiger charge is 2.12. The molecular weight excluding hydrogens is 236 g/mol. The molecule has 0 radical (unpaired) electrons. The Bertz CT molecular complexity index is 539. The smallest absolute Gasteiger partial charge is 0.180 e. The van der Waals surface area contributed by atoms with Gasteiger partial charge in [0, 0.05) is 11.8 Å². The van der Waals surface area contributed by atoms with Gasteiger partial charge in [-0.25, -0.2) is 4.98 Å². The van der Waals surface area contributed by atoms with Crippen molar-refractivity contribution in [3.05, 3.63) is 34.8 Å². The van der Waals surface area contributed by atoms with Gasteiger partial charge < -0.3 is 15.2 Å². The SMILES string of the molecule is Nc1nc(Cc2ccc3c(c2)OCCO3)cs1. The number of nitrogens with zero attached hydrogens (tertiary/aromatic N) is 1. The quantitative estimate of drug-likeness (QED) is 0.884. The molecule has 0 atom stereocenters. The molecule has 2 heterocycles. The minimum atomic E-state index is 0.609. The molecule has 0 saturated carbocycles. The third kappa shape index (κ3) is 2.19. The first-order valence-electron chi connectivity index (χ1n) is 5.40. The fourth-order valence-electron chi connectivity index (χ4n) is 1.81. The van der Waals surface area contributed by atoms with Gasteiger partial charge in [0.25, 0.3) is 0 Å². The van der Waals surface area contributed by atoms with Crippen molar-refractivity contribution in [2.75, 3.05) is 18.9 Å². The topological polar surface area (TPSA) is 57.4 Å². The average molecular weight is 248 g/mol. The van der Waals surface area contributed by atoms with E-state index in [1.54, 1.807) is 0 Å². The Morgan fingerprint density at radius 1 is 1.24 bits per heavy atom. The fourth-order valence-corrected chi connectivity index (χ4v) is 2.37. The van der Waals surface area contributed by atoms with Gasteiger partial charge in [0.1, 0.15) is 13.2 Å². The van der Waals surface area contributed by atoms with Crippen LogP contribution < -0.4 is 15.2 Å². The van der Waals surface area contributed by atoms with Gasteiger partial charge in [-0.1, -0.05) is 6.07 Å². The third-order valence-electron chi connectivity index (χ3n) is 2.56. The van der Waals surface area contributed by atoms with Crippen LogP contribution in [0.2, 0.25) is 0 Å². The molecule has 2 N–H and O–H groups in total. The van der Waals surface area contributed by atoms with Gasteiger partial charge in [0.05, 0.1) is 5.69 Å². The van der Waals surface area contributed by atoms with Gasteiger partial charge in [-0.2, -0.15) is 0 Å². The number of rotatable bonds is 2. The maximum absolute atomic E-state index is 5.61. The van der Waals surface area contributed by atoms with Crippen LogP contribution in [0.15, 0.2) is 23.6 Å². The maximum Gasteiger partial charge on any atom is 0.180 e. The molecule has 88 valence electrons. The molecule has 3 rings (SSSR count). The van der Waals surface area contributed by atoms with E-state index in [4.69, 9.17) is 15.2 Å². The number of hydrogen-bond donors (Lipinski definition) is 1. The lowest BCUT2D eigenvalue weighted by molar-refractivity contribution is 0.171. The van der Waals surface area contributed by atoms with Crippen LogP contribution in [0.5, 0.6) is 11.5 Å². The number of hydrogen-bond acceptors (Lipinski definition) is 5. The van der Waals surface area contributed by atoms with Crippen molar-refractivity contribution in [3.8, 4) is 11.5 Å². The zero-order valence-electron chi connectivity index (χ0n) is 9.18. The Balaban J connectivity index is 1.84. The second-order valence-electron chi connectivity index (χ2n) is 3.83. The van der Waals surface area contributed by atoms with Crippen molar-refractivity contribution in [1.29, 1.82) is 0 Å². The van der Waals surface area contributed by atoms with Gasteiger partial charge in [-0.15, -0.1) is 11.3 Å². The Hall–Kier alpha value is -1.75. The maximum atomic E-state index is 5.61. The van der Waals surface area contributed by atoms with E-state index in [1.807, 2.05) is 23.6 Å². The predicted octanol–water partition coefficient (Wildman–Crippen LogP) is 2.09. The van der Waals surface area contributed by atoms with Crippen LogP contribution in [0.4, 0.5) is 5.13 Å². The number of benzene rings is 1. The molecule has 0 spiro atoms. The molecule has 4 nitrogen and oxygen atoms in total. The van der Waals surface area contributed by atoms with E-state index in [1.165, 1.54) is 11.3 Å². The van der Waals surface area contributed by atoms with Crippen molar-refractivity contribution in [3.63, 3.8) is 0 Å². The van der Waals surface area contributed by atoms with Gasteiger partial charge in [0.2, 0.25) is 0 Å². The molecule has 1 aliphatic rings. The van der Waals surface area contributed by atoms with E-state index in [2.05, 4.69) is 4.98 Å². The van der Waals surface area contributed by atoms with E-state index in [9.17, 15) is 0 Å². The van der Waals surface area contributed by atoms with Crippen LogP contribution in [-0.2, 0) is 6.42 Å². The normalized spacial score (nSPS) is 13.6. The van der Waals surface area contributed by atoms with E-state index in [-0.39, 0.29) is 0 Å². The summed E-state index contributed by atoms with van der Waals surface area (Å²) in [6.45, 7) is 1.23. The number of nitrogen functional groups attached to an aromatic ring is 1. The largest absolute Gasteiger partial charge is 0.486 e. The fraction of sp³-hybridized carbons (Fsp3) is 0.250. The summed E-state index contributed by atoms with van der Waals surface area (Å²) in [4.78, 5) is 4.24. The van der Waals surface area contributed by atoms with Gasteiger partial charge in [-0.05, 0) is 17.7 Å². The first kappa shape index (κ1) is 10.4. The predicted molar refractivity (Wildman–Crippen MR) is 66.8 cm³/mol. The molecule has 2 aromatic rings. The number of aromatic nitrogens is 1. The second kappa shape index (κ2) is 4.25. The first-order valence-corrected chi connectivity index (χ1v) is 6.27. The van der Waals surface area contributed by atoms with Crippen LogP contribution in [0.3, 0.4) is 0 Å². The first-order chi connectivity index (χ1) is 8.31. The summed E-state index contributed by atoms with van der Waals surface area (Å²) in [7, 11) is 0. The summed E-state index contributed by atoms with van der Waals surface area (Å²) in [5.41, 5.74) is 7.75. The minimum absolute atomic E-state index is 0.609. The summed E-state index contributed by atoms with van der Waals surface area (Å²) >= 11 is 1.46. The van der Waals surface area contributed by atoms with E-state index in [0.29, 0.717) is 18.3 Å². The van der Waals surface area contributed by atoms with Crippen LogP contribution >= 0.6 is 11.3 Å². The number of ether oxygens (including phenoxy) is 2. The summed E-state index contributed by atoms with van der Waals surface area (Å²) in [6.07, 6.45) is 0.768. The Morgan fingerprint density at radius 3 is 2.82 bits per heavy atom. The van der Waals surface area contributed by atoms with E-state index < -0.39 is 0 Å². The van der Waals surface area contributed by atoms with Crippen LogP contribution in [0, 0.1) is 0 Å². The summed E-state index contributed by atoms with van der Waals surface area (Å²) in [6, 6.07) is 5.98. The van der Waals surface area contributed by atoms with E-state index in [0.717, 1.165) is 29.2 Å². The van der Waals surface area contributed by atoms with Crippen LogP contribution in [0.1, 0.15) is 11.3 Å². The van der Waals surface area contributed by atoms with Gasteiger partial charge in [-0.3, -0.25) is 0 Å². The van der Waals surface area contributed by atoms with Crippen molar-refractivity contribution in [1.82, 2.24) is 4.98 Å². The van der Waals surface area contributed by atoms with Crippen molar-refractivity contribution in [2.24, 2.45) is 0 Å². The molecule has 17 heavy (non-hydrogen) atoms. The van der Waals surface area contributed by atoms with Crippen LogP contribution in [0.25, 0.3) is 0 Å². The third-order valence-corrected chi connectivity index (χ3v) is 3.28. The molecule has 1 aromatic heterocycles. The highest BCUT2D eigenvalue weighted by molar-refractivity contribution is 7.13. The van der Waals surface area contributed by atoms with Crippen molar-refractivity contribution in [2.45, 2.75) is 6.42 Å². The molecule has 1 aliphatic heterocycles. The standard InChI is InChI=1S/C12H12N2O2S/c13-12-14-9(7-17-12)5-8-1-2-10-11(6-8)16-4-3-15-10/h1-2,6-7H,3-5H2,(H2,13,14). The van der Waals surface area contributed by atoms with Crippen LogP contribution in [-0.4, -0.2) is 18.2 Å². The molecule has 5 heteroatoms. The summed E-state index contributed by atoms with van der Waals surface area (Å²) in [5.74, 6) is 1.63. The molecule has 1 aromatic carbocycles. The van der Waals surface area contributed by atoms with Gasteiger partial charge >= 0.3 is 0 Å². The molecule has 0 unspecified atom stereocenters. The van der Waals surface area contributed by atoms with E-state index >= 15 is 0 Å². The Labute approximate surface area is 103 Å². The minimum Gasteiger partial charge on any atom is -0.486 e. The molecule has 0 amide bonds. The highest BCUT2D eigenvalue weighted by Crippen LogP contribution is 2.31. The van der Waals surface area contributed by atoms with Gasteiger partial charge in [0.15, 0.2) is 16.6 Å². The summed E-state index contributed by atoms with van der Waals surface area (Å²) < 4.78 is 11.0. The Kier molecular flexibility index (Phi) is 2.60. The number of anilines is 1. The molecule has 0 aliphatic carbocycles. The molecular formula is C12H12N2O2S. The lowest BCUT2D eigenvalue weighted by Gasteiger charge is -2.18. The summed E-state index contributed by atoms with van der Waals surface area (Å²) in [5, 5.41) is 2.59. The highest BCUT2D eigenvalue weighted by atomic mass is 32.1. The zero-order valence-corrected chi connectivity index (χ0v) is 10.00. The number of thiazole rings is 1.